The van der Waals surface area contributed by atoms with Gasteiger partial charge in [0.25, 0.3) is 0 Å². The molecule has 0 spiro atoms. The SMILES string of the molecule is CCOC(=O)/C=C(/c1cc(Cl)cc(Br)c1)c1ncc(C)s1. The van der Waals surface area contributed by atoms with Crippen LogP contribution in [0.4, 0.5) is 0 Å². The summed E-state index contributed by atoms with van der Waals surface area (Å²) in [5.74, 6) is -0.392. The van der Waals surface area contributed by atoms with E-state index in [4.69, 9.17) is 16.3 Å². The third kappa shape index (κ3) is 4.40. The average molecular weight is 387 g/mol. The van der Waals surface area contributed by atoms with Crippen LogP contribution in [0.2, 0.25) is 5.02 Å². The van der Waals surface area contributed by atoms with Gasteiger partial charge in [-0.2, -0.15) is 0 Å². The molecule has 0 radical (unpaired) electrons. The Labute approximate surface area is 140 Å². The van der Waals surface area contributed by atoms with Gasteiger partial charge in [0.1, 0.15) is 5.01 Å². The topological polar surface area (TPSA) is 39.2 Å². The molecular weight excluding hydrogens is 374 g/mol. The molecule has 2 rings (SSSR count). The number of rotatable bonds is 4. The Morgan fingerprint density at radius 3 is 2.81 bits per heavy atom. The molecule has 110 valence electrons. The van der Waals surface area contributed by atoms with Gasteiger partial charge < -0.3 is 4.74 Å². The van der Waals surface area contributed by atoms with E-state index in [9.17, 15) is 4.79 Å². The summed E-state index contributed by atoms with van der Waals surface area (Å²) in [6.45, 7) is 4.07. The van der Waals surface area contributed by atoms with Crippen LogP contribution in [0.3, 0.4) is 0 Å². The van der Waals surface area contributed by atoms with Gasteiger partial charge in [-0.05, 0) is 37.6 Å². The first-order chi connectivity index (χ1) is 9.99. The lowest BCUT2D eigenvalue weighted by Gasteiger charge is -2.07. The van der Waals surface area contributed by atoms with Crippen molar-refractivity contribution in [3.05, 3.63) is 55.4 Å². The van der Waals surface area contributed by atoms with Gasteiger partial charge in [-0.25, -0.2) is 9.78 Å². The van der Waals surface area contributed by atoms with Crippen LogP contribution in [-0.2, 0) is 9.53 Å². The van der Waals surface area contributed by atoms with Crippen LogP contribution >= 0.6 is 38.9 Å². The van der Waals surface area contributed by atoms with E-state index in [0.29, 0.717) is 17.2 Å². The highest BCUT2D eigenvalue weighted by molar-refractivity contribution is 9.10. The van der Waals surface area contributed by atoms with Gasteiger partial charge in [0, 0.05) is 32.2 Å². The molecule has 3 nitrogen and oxygen atoms in total. The number of nitrogens with zero attached hydrogens (tertiary/aromatic N) is 1. The van der Waals surface area contributed by atoms with E-state index < -0.39 is 5.97 Å². The number of hydrogen-bond acceptors (Lipinski definition) is 4. The van der Waals surface area contributed by atoms with Gasteiger partial charge in [-0.15, -0.1) is 11.3 Å². The van der Waals surface area contributed by atoms with Crippen molar-refractivity contribution in [2.45, 2.75) is 13.8 Å². The van der Waals surface area contributed by atoms with Crippen molar-refractivity contribution in [3.8, 4) is 0 Å². The number of ether oxygens (including phenoxy) is 1. The van der Waals surface area contributed by atoms with Crippen LogP contribution in [-0.4, -0.2) is 17.6 Å². The van der Waals surface area contributed by atoms with E-state index in [1.54, 1.807) is 25.3 Å². The van der Waals surface area contributed by atoms with Crippen LogP contribution in [0.25, 0.3) is 5.57 Å². The standard InChI is InChI=1S/C15H13BrClNO2S/c1-3-20-14(19)7-13(15-18-8-9(2)21-15)10-4-11(16)6-12(17)5-10/h4-8H,3H2,1-2H3/b13-7-. The molecule has 0 aliphatic heterocycles. The van der Waals surface area contributed by atoms with Crippen LogP contribution in [0.5, 0.6) is 0 Å². The van der Waals surface area contributed by atoms with Crippen molar-refractivity contribution in [3.63, 3.8) is 0 Å². The lowest BCUT2D eigenvalue weighted by atomic mass is 10.1. The van der Waals surface area contributed by atoms with E-state index in [2.05, 4.69) is 20.9 Å². The second-order valence-corrected chi connectivity index (χ2v) is 6.83. The van der Waals surface area contributed by atoms with E-state index in [-0.39, 0.29) is 0 Å². The zero-order chi connectivity index (χ0) is 15.4. The van der Waals surface area contributed by atoms with Gasteiger partial charge >= 0.3 is 5.97 Å². The molecular formula is C15H13BrClNO2S. The first kappa shape index (κ1) is 16.2. The van der Waals surface area contributed by atoms with Crippen LogP contribution in [0.15, 0.2) is 34.9 Å². The third-order valence-electron chi connectivity index (χ3n) is 2.57. The molecule has 6 heteroatoms. The molecule has 0 fully saturated rings. The predicted octanol–water partition coefficient (Wildman–Crippen LogP) is 4.86. The Morgan fingerprint density at radius 2 is 2.24 bits per heavy atom. The molecule has 0 N–H and O–H groups in total. The number of benzene rings is 1. The second-order valence-electron chi connectivity index (χ2n) is 4.24. The summed E-state index contributed by atoms with van der Waals surface area (Å²) in [6, 6.07) is 5.49. The van der Waals surface area contributed by atoms with E-state index >= 15 is 0 Å². The maximum absolute atomic E-state index is 11.8. The molecule has 0 aliphatic carbocycles. The quantitative estimate of drug-likeness (QED) is 0.556. The summed E-state index contributed by atoms with van der Waals surface area (Å²) in [6.07, 6.45) is 3.23. The Balaban J connectivity index is 2.52. The number of halogens is 2. The van der Waals surface area contributed by atoms with Gasteiger partial charge in [-0.1, -0.05) is 27.5 Å². The number of aromatic nitrogens is 1. The minimum absolute atomic E-state index is 0.332. The van der Waals surface area contributed by atoms with Crippen LogP contribution < -0.4 is 0 Å². The number of esters is 1. The van der Waals surface area contributed by atoms with Crippen molar-refractivity contribution in [1.82, 2.24) is 4.98 Å². The lowest BCUT2D eigenvalue weighted by molar-refractivity contribution is -0.137. The first-order valence-corrected chi connectivity index (χ1v) is 8.26. The maximum Gasteiger partial charge on any atom is 0.331 e. The summed E-state index contributed by atoms with van der Waals surface area (Å²) >= 11 is 11.0. The summed E-state index contributed by atoms with van der Waals surface area (Å²) in [7, 11) is 0. The summed E-state index contributed by atoms with van der Waals surface area (Å²) in [4.78, 5) is 17.2. The van der Waals surface area contributed by atoms with Gasteiger partial charge in [0.15, 0.2) is 0 Å². The molecule has 0 atom stereocenters. The smallest absolute Gasteiger partial charge is 0.331 e. The Kier molecular flexibility index (Phi) is 5.56. The van der Waals surface area contributed by atoms with Crippen molar-refractivity contribution in [1.29, 1.82) is 0 Å². The largest absolute Gasteiger partial charge is 0.463 e. The number of aryl methyl sites for hydroxylation is 1. The van der Waals surface area contributed by atoms with E-state index in [1.807, 2.05) is 13.0 Å². The Morgan fingerprint density at radius 1 is 1.48 bits per heavy atom. The summed E-state index contributed by atoms with van der Waals surface area (Å²) < 4.78 is 5.84. The van der Waals surface area contributed by atoms with Gasteiger partial charge in [0.2, 0.25) is 0 Å². The fourth-order valence-electron chi connectivity index (χ4n) is 1.76. The molecule has 0 amide bonds. The monoisotopic (exact) mass is 385 g/mol. The average Bonchev–Trinajstić information content (AvgIpc) is 2.81. The zero-order valence-corrected chi connectivity index (χ0v) is 14.7. The maximum atomic E-state index is 11.8. The molecule has 0 saturated heterocycles. The van der Waals surface area contributed by atoms with Crippen LogP contribution in [0.1, 0.15) is 22.4 Å². The lowest BCUT2D eigenvalue weighted by Crippen LogP contribution is -2.01. The van der Waals surface area contributed by atoms with Crippen molar-refractivity contribution in [2.24, 2.45) is 0 Å². The van der Waals surface area contributed by atoms with E-state index in [0.717, 1.165) is 19.9 Å². The summed E-state index contributed by atoms with van der Waals surface area (Å²) in [5, 5.41) is 1.34. The molecule has 0 aliphatic rings. The fraction of sp³-hybridized carbons (Fsp3) is 0.200. The van der Waals surface area contributed by atoms with Crippen LogP contribution in [0, 0.1) is 6.92 Å². The Bertz CT molecular complexity index is 676. The van der Waals surface area contributed by atoms with Crippen molar-refractivity contribution >= 4 is 50.4 Å². The fourth-order valence-corrected chi connectivity index (χ4v) is 3.42. The molecule has 0 saturated carbocycles. The number of hydrogen-bond donors (Lipinski definition) is 0. The zero-order valence-electron chi connectivity index (χ0n) is 11.5. The molecule has 0 bridgehead atoms. The van der Waals surface area contributed by atoms with Gasteiger partial charge in [0.05, 0.1) is 6.61 Å². The molecule has 2 aromatic rings. The molecule has 21 heavy (non-hydrogen) atoms. The molecule has 1 heterocycles. The minimum atomic E-state index is -0.392. The minimum Gasteiger partial charge on any atom is -0.463 e. The highest BCUT2D eigenvalue weighted by Crippen LogP contribution is 2.31. The van der Waals surface area contributed by atoms with Crippen molar-refractivity contribution < 1.29 is 9.53 Å². The van der Waals surface area contributed by atoms with Gasteiger partial charge in [-0.3, -0.25) is 0 Å². The van der Waals surface area contributed by atoms with Crippen molar-refractivity contribution in [2.75, 3.05) is 6.61 Å². The highest BCUT2D eigenvalue weighted by atomic mass is 79.9. The summed E-state index contributed by atoms with van der Waals surface area (Å²) in [5.41, 5.74) is 1.52. The Hall–Kier alpha value is -1.17. The number of carbonyl (C=O) groups excluding carboxylic acids is 1. The molecule has 0 unspecified atom stereocenters. The predicted molar refractivity (Wildman–Crippen MR) is 89.7 cm³/mol. The number of carbonyl (C=O) groups is 1. The first-order valence-electron chi connectivity index (χ1n) is 6.27. The molecule has 1 aromatic carbocycles. The third-order valence-corrected chi connectivity index (χ3v) is 4.20. The second kappa shape index (κ2) is 7.20. The molecule has 1 aromatic heterocycles. The normalized spacial score (nSPS) is 11.5. The van der Waals surface area contributed by atoms with E-state index in [1.165, 1.54) is 17.4 Å². The number of thiazole rings is 1. The highest BCUT2D eigenvalue weighted by Gasteiger charge is 2.13.